The molecular formula is C15H13ClN2O. The predicted octanol–water partition coefficient (Wildman–Crippen LogP) is 3.81. The van der Waals surface area contributed by atoms with Crippen molar-refractivity contribution in [1.82, 2.24) is 0 Å². The number of primary amides is 1. The molecule has 1 aliphatic heterocycles. The normalized spacial score (nSPS) is 11.9. The van der Waals surface area contributed by atoms with Crippen LogP contribution < -0.4 is 10.6 Å². The quantitative estimate of drug-likeness (QED) is 0.779. The molecule has 0 saturated heterocycles. The third-order valence-corrected chi connectivity index (χ3v) is 3.02. The summed E-state index contributed by atoms with van der Waals surface area (Å²) in [6.07, 6.45) is 3.99. The number of carbonyl (C=O) groups excluding carboxylic acids is 1. The van der Waals surface area contributed by atoms with Crippen LogP contribution in [0.2, 0.25) is 0 Å². The lowest BCUT2D eigenvalue weighted by molar-refractivity contribution is 0.256. The number of benzene rings is 2. The van der Waals surface area contributed by atoms with Gasteiger partial charge in [-0.15, -0.1) is 12.4 Å². The maximum atomic E-state index is 11.8. The van der Waals surface area contributed by atoms with Crippen LogP contribution in [0, 0.1) is 0 Å². The monoisotopic (exact) mass is 272 g/mol. The number of hydrogen-bond donors (Lipinski definition) is 1. The van der Waals surface area contributed by atoms with E-state index in [0.717, 1.165) is 22.5 Å². The Labute approximate surface area is 117 Å². The third-order valence-electron chi connectivity index (χ3n) is 3.02. The zero-order valence-electron chi connectivity index (χ0n) is 10.1. The van der Waals surface area contributed by atoms with Gasteiger partial charge >= 0.3 is 6.03 Å². The van der Waals surface area contributed by atoms with Gasteiger partial charge in [0, 0.05) is 0 Å². The number of para-hydroxylation sites is 2. The second kappa shape index (κ2) is 5.16. The first kappa shape index (κ1) is 13.2. The Balaban J connectivity index is 0.00000133. The molecule has 2 aromatic rings. The maximum Gasteiger partial charge on any atom is 0.323 e. The first-order valence-electron chi connectivity index (χ1n) is 5.73. The molecule has 0 aliphatic carbocycles. The number of halogens is 1. The molecule has 4 heteroatoms. The molecule has 3 nitrogen and oxygen atoms in total. The van der Waals surface area contributed by atoms with Crippen LogP contribution in [0.4, 0.5) is 16.2 Å². The molecule has 0 aromatic heterocycles. The number of amides is 2. The van der Waals surface area contributed by atoms with Crippen molar-refractivity contribution in [1.29, 1.82) is 0 Å². The number of nitrogens with two attached hydrogens (primary N) is 1. The number of fused-ring (bicyclic) bond motifs is 2. The Kier molecular flexibility index (Phi) is 3.58. The van der Waals surface area contributed by atoms with Crippen LogP contribution in [0.5, 0.6) is 0 Å². The van der Waals surface area contributed by atoms with Gasteiger partial charge in [0.1, 0.15) is 0 Å². The zero-order valence-corrected chi connectivity index (χ0v) is 10.9. The summed E-state index contributed by atoms with van der Waals surface area (Å²) in [7, 11) is 0. The van der Waals surface area contributed by atoms with Crippen molar-refractivity contribution in [3.8, 4) is 0 Å². The fourth-order valence-corrected chi connectivity index (χ4v) is 2.21. The summed E-state index contributed by atoms with van der Waals surface area (Å²) in [4.78, 5) is 13.3. The predicted molar refractivity (Wildman–Crippen MR) is 80.8 cm³/mol. The van der Waals surface area contributed by atoms with Gasteiger partial charge in [-0.05, 0) is 23.3 Å². The largest absolute Gasteiger partial charge is 0.351 e. The van der Waals surface area contributed by atoms with Gasteiger partial charge in [-0.25, -0.2) is 4.79 Å². The molecule has 0 radical (unpaired) electrons. The number of anilines is 2. The third kappa shape index (κ3) is 2.20. The molecule has 1 aliphatic rings. The van der Waals surface area contributed by atoms with Crippen LogP contribution >= 0.6 is 12.4 Å². The molecule has 2 amide bonds. The van der Waals surface area contributed by atoms with Crippen molar-refractivity contribution in [3.05, 3.63) is 59.7 Å². The molecule has 0 bridgehead atoms. The maximum absolute atomic E-state index is 11.8. The summed E-state index contributed by atoms with van der Waals surface area (Å²) in [6, 6.07) is 14.9. The Morgan fingerprint density at radius 1 is 0.842 bits per heavy atom. The molecule has 2 N–H and O–H groups in total. The van der Waals surface area contributed by atoms with Crippen LogP contribution in [0.15, 0.2) is 48.5 Å². The first-order chi connectivity index (χ1) is 8.77. The topological polar surface area (TPSA) is 46.3 Å². The Morgan fingerprint density at radius 2 is 1.26 bits per heavy atom. The molecule has 0 unspecified atom stereocenters. The minimum absolute atomic E-state index is 0. The highest BCUT2D eigenvalue weighted by Gasteiger charge is 2.21. The fraction of sp³-hybridized carbons (Fsp3) is 0. The van der Waals surface area contributed by atoms with Gasteiger partial charge in [0.2, 0.25) is 0 Å². The molecule has 96 valence electrons. The van der Waals surface area contributed by atoms with Crippen molar-refractivity contribution in [2.75, 3.05) is 4.90 Å². The Morgan fingerprint density at radius 3 is 1.68 bits per heavy atom. The van der Waals surface area contributed by atoms with Gasteiger partial charge in [-0.3, -0.25) is 4.90 Å². The smallest absolute Gasteiger partial charge is 0.323 e. The van der Waals surface area contributed by atoms with Crippen molar-refractivity contribution < 1.29 is 4.79 Å². The van der Waals surface area contributed by atoms with Crippen molar-refractivity contribution in [2.45, 2.75) is 0 Å². The van der Waals surface area contributed by atoms with Crippen LogP contribution in [0.1, 0.15) is 11.1 Å². The van der Waals surface area contributed by atoms with E-state index in [1.807, 2.05) is 60.7 Å². The van der Waals surface area contributed by atoms with Crippen LogP contribution in [-0.2, 0) is 0 Å². The van der Waals surface area contributed by atoms with E-state index in [-0.39, 0.29) is 12.4 Å². The second-order valence-corrected chi connectivity index (χ2v) is 4.12. The molecular weight excluding hydrogens is 260 g/mol. The van der Waals surface area contributed by atoms with E-state index in [1.165, 1.54) is 0 Å². The summed E-state index contributed by atoms with van der Waals surface area (Å²) < 4.78 is 0. The van der Waals surface area contributed by atoms with Crippen LogP contribution in [0.25, 0.3) is 12.2 Å². The Bertz CT molecular complexity index is 603. The standard InChI is InChI=1S/C15H12N2O.ClH/c16-15(18)17-13-7-3-1-5-11(13)9-10-12-6-2-4-8-14(12)17;/h1-10H,(H2,16,18);1H. The molecule has 0 spiro atoms. The average Bonchev–Trinajstić information content (AvgIpc) is 2.55. The Hall–Kier alpha value is -2.26. The summed E-state index contributed by atoms with van der Waals surface area (Å²) in [5, 5.41) is 0. The summed E-state index contributed by atoms with van der Waals surface area (Å²) in [6.45, 7) is 0. The van der Waals surface area contributed by atoms with E-state index >= 15 is 0 Å². The number of hydrogen-bond acceptors (Lipinski definition) is 1. The fourth-order valence-electron chi connectivity index (χ4n) is 2.21. The van der Waals surface area contributed by atoms with E-state index in [2.05, 4.69) is 0 Å². The van der Waals surface area contributed by atoms with Gasteiger partial charge in [-0.2, -0.15) is 0 Å². The average molecular weight is 273 g/mol. The van der Waals surface area contributed by atoms with Crippen LogP contribution in [-0.4, -0.2) is 6.03 Å². The summed E-state index contributed by atoms with van der Waals surface area (Å²) in [5.74, 6) is 0. The highest BCUT2D eigenvalue weighted by Crippen LogP contribution is 2.35. The van der Waals surface area contributed by atoms with Gasteiger partial charge in [0.05, 0.1) is 11.4 Å². The molecule has 0 fully saturated rings. The first-order valence-corrected chi connectivity index (χ1v) is 5.73. The summed E-state index contributed by atoms with van der Waals surface area (Å²) >= 11 is 0. The molecule has 0 saturated carbocycles. The van der Waals surface area contributed by atoms with Crippen molar-refractivity contribution >= 4 is 42.0 Å². The van der Waals surface area contributed by atoms with E-state index in [1.54, 1.807) is 4.90 Å². The SMILES string of the molecule is Cl.NC(=O)N1c2ccccc2C=Cc2ccccc21. The minimum Gasteiger partial charge on any atom is -0.351 e. The molecule has 3 rings (SSSR count). The van der Waals surface area contributed by atoms with Gasteiger partial charge in [0.25, 0.3) is 0 Å². The highest BCUT2D eigenvalue weighted by atomic mass is 35.5. The number of carbonyl (C=O) groups is 1. The van der Waals surface area contributed by atoms with Crippen molar-refractivity contribution in [2.24, 2.45) is 5.73 Å². The lowest BCUT2D eigenvalue weighted by Crippen LogP contribution is -2.32. The minimum atomic E-state index is -0.474. The van der Waals surface area contributed by atoms with Crippen LogP contribution in [0.3, 0.4) is 0 Å². The highest BCUT2D eigenvalue weighted by molar-refractivity contribution is 6.04. The van der Waals surface area contributed by atoms with E-state index in [4.69, 9.17) is 5.73 Å². The van der Waals surface area contributed by atoms with E-state index in [0.29, 0.717) is 0 Å². The van der Waals surface area contributed by atoms with E-state index < -0.39 is 6.03 Å². The van der Waals surface area contributed by atoms with Crippen molar-refractivity contribution in [3.63, 3.8) is 0 Å². The van der Waals surface area contributed by atoms with E-state index in [9.17, 15) is 4.79 Å². The zero-order chi connectivity index (χ0) is 12.5. The van der Waals surface area contributed by atoms with Gasteiger partial charge in [-0.1, -0.05) is 48.6 Å². The number of rotatable bonds is 0. The lowest BCUT2D eigenvalue weighted by Gasteiger charge is -2.22. The molecule has 0 atom stereocenters. The number of urea groups is 1. The number of nitrogens with zero attached hydrogens (tertiary/aromatic N) is 1. The molecule has 2 aromatic carbocycles. The lowest BCUT2D eigenvalue weighted by atomic mass is 10.1. The summed E-state index contributed by atoms with van der Waals surface area (Å²) in [5.41, 5.74) is 9.11. The molecule has 1 heterocycles. The second-order valence-electron chi connectivity index (χ2n) is 4.12. The van der Waals surface area contributed by atoms with Gasteiger partial charge in [0.15, 0.2) is 0 Å². The van der Waals surface area contributed by atoms with Gasteiger partial charge < -0.3 is 5.73 Å². The molecule has 19 heavy (non-hydrogen) atoms.